The number of rotatable bonds is 0. The zero-order valence-electron chi connectivity index (χ0n) is 6.67. The molecule has 0 radical (unpaired) electrons. The first kappa shape index (κ1) is 9.97. The fourth-order valence-electron chi connectivity index (χ4n) is 1.08. The van der Waals surface area contributed by atoms with Crippen LogP contribution in [0.4, 0.5) is 0 Å². The highest BCUT2D eigenvalue weighted by Crippen LogP contribution is 2.51. The predicted octanol–water partition coefficient (Wildman–Crippen LogP) is 2.10. The molecule has 13 heavy (non-hydrogen) atoms. The molecular weight excluding hydrogens is 234 g/mol. The molecule has 0 aromatic heterocycles. The number of hydrogen-bond donors (Lipinski definition) is 0. The fourth-order valence-corrected chi connectivity index (χ4v) is 4.52. The molecule has 0 amide bonds. The van der Waals surface area contributed by atoms with Gasteiger partial charge in [0.2, 0.25) is 0 Å². The Bertz CT molecular complexity index is 208. The molecule has 0 aromatic carbocycles. The molecule has 5 nitrogen and oxygen atoms in total. The Morgan fingerprint density at radius 2 is 1.69 bits per heavy atom. The van der Waals surface area contributed by atoms with Gasteiger partial charge in [0.05, 0.1) is 11.2 Å². The van der Waals surface area contributed by atoms with E-state index in [0.717, 1.165) is 0 Å². The maximum atomic E-state index is 10.9. The minimum Gasteiger partial charge on any atom is -0.135 e. The summed E-state index contributed by atoms with van der Waals surface area (Å²) in [5.74, 6) is 0.672. The van der Waals surface area contributed by atoms with E-state index in [9.17, 15) is 9.13 Å². The summed E-state index contributed by atoms with van der Waals surface area (Å²) in [6, 6.07) is 0. The van der Waals surface area contributed by atoms with Crippen molar-refractivity contribution in [1.82, 2.24) is 0 Å². The van der Waals surface area contributed by atoms with Gasteiger partial charge in [-0.15, -0.1) is 13.6 Å². The molecule has 0 aromatic rings. The van der Waals surface area contributed by atoms with Crippen molar-refractivity contribution in [2.24, 2.45) is 5.41 Å². The first-order valence-electron chi connectivity index (χ1n) is 3.66. The average molecular weight is 242 g/mol. The van der Waals surface area contributed by atoms with E-state index in [0.29, 0.717) is 25.6 Å². The molecule has 8 heteroatoms. The highest BCUT2D eigenvalue weighted by molar-refractivity contribution is 8.50. The van der Waals surface area contributed by atoms with Gasteiger partial charge < -0.3 is 0 Å². The topological polar surface area (TPSA) is 61.8 Å². The lowest BCUT2D eigenvalue weighted by atomic mass is 9.94. The molecule has 0 N–H and O–H groups in total. The van der Waals surface area contributed by atoms with Crippen molar-refractivity contribution in [1.29, 1.82) is 0 Å². The second kappa shape index (κ2) is 3.89. The monoisotopic (exact) mass is 242 g/mol. The van der Waals surface area contributed by atoms with Gasteiger partial charge in [-0.2, -0.15) is 0 Å². The molecule has 1 atom stereocenters. The molecule has 1 spiro atoms. The van der Waals surface area contributed by atoms with E-state index in [-0.39, 0.29) is 5.41 Å². The standard InChI is InChI=1S/C5H8O5P2S/c6-11-8-1-5(2-9-11)3-10-12(7)13-4-5/h1-4H2/q+2. The molecule has 2 fully saturated rings. The van der Waals surface area contributed by atoms with E-state index in [2.05, 4.69) is 0 Å². The van der Waals surface area contributed by atoms with Crippen molar-refractivity contribution in [2.75, 3.05) is 25.6 Å². The summed E-state index contributed by atoms with van der Waals surface area (Å²) in [5.41, 5.74) is -0.253. The second-order valence-corrected chi connectivity index (χ2v) is 6.93. The Kier molecular flexibility index (Phi) is 2.98. The van der Waals surface area contributed by atoms with Crippen LogP contribution in [0.25, 0.3) is 0 Å². The Labute approximate surface area is 81.1 Å². The summed E-state index contributed by atoms with van der Waals surface area (Å²) in [5, 5.41) is 0. The van der Waals surface area contributed by atoms with Gasteiger partial charge in [-0.05, 0) is 4.57 Å². The van der Waals surface area contributed by atoms with Gasteiger partial charge in [-0.25, -0.2) is 0 Å². The molecule has 0 aliphatic carbocycles. The normalized spacial score (nSPS) is 40.9. The Morgan fingerprint density at radius 3 is 2.23 bits per heavy atom. The smallest absolute Gasteiger partial charge is 0.135 e. The molecular formula is C5H8O5P2S+2. The molecule has 2 aliphatic rings. The van der Waals surface area contributed by atoms with Gasteiger partial charge in [-0.3, -0.25) is 0 Å². The van der Waals surface area contributed by atoms with Crippen molar-refractivity contribution in [3.05, 3.63) is 0 Å². The van der Waals surface area contributed by atoms with E-state index in [4.69, 9.17) is 13.6 Å². The van der Waals surface area contributed by atoms with Crippen molar-refractivity contribution in [3.8, 4) is 0 Å². The summed E-state index contributed by atoms with van der Waals surface area (Å²) in [7, 11) is -3.51. The third-order valence-electron chi connectivity index (χ3n) is 1.90. The van der Waals surface area contributed by atoms with Gasteiger partial charge in [0.1, 0.15) is 19.8 Å². The second-order valence-electron chi connectivity index (χ2n) is 3.04. The molecule has 72 valence electrons. The Hall–Kier alpha value is 0.430. The minimum atomic E-state index is -1.94. The van der Waals surface area contributed by atoms with Crippen LogP contribution >= 0.6 is 26.9 Å². The third-order valence-corrected chi connectivity index (χ3v) is 5.21. The van der Waals surface area contributed by atoms with Crippen LogP contribution in [0.2, 0.25) is 0 Å². The largest absolute Gasteiger partial charge is 0.697 e. The van der Waals surface area contributed by atoms with E-state index in [1.54, 1.807) is 0 Å². The van der Waals surface area contributed by atoms with Crippen molar-refractivity contribution < 1.29 is 22.7 Å². The minimum absolute atomic E-state index is 0.253. The van der Waals surface area contributed by atoms with Crippen LogP contribution in [0.15, 0.2) is 0 Å². The first-order valence-corrected chi connectivity index (χ1v) is 7.53. The lowest BCUT2D eigenvalue weighted by Crippen LogP contribution is -2.41. The molecule has 0 saturated carbocycles. The van der Waals surface area contributed by atoms with Crippen molar-refractivity contribution in [3.63, 3.8) is 0 Å². The van der Waals surface area contributed by atoms with Gasteiger partial charge >= 0.3 is 15.5 Å². The van der Waals surface area contributed by atoms with E-state index >= 15 is 0 Å². The van der Waals surface area contributed by atoms with Gasteiger partial charge in [0, 0.05) is 4.57 Å². The number of hydrogen-bond acceptors (Lipinski definition) is 6. The lowest BCUT2D eigenvalue weighted by Gasteiger charge is -2.28. The maximum Gasteiger partial charge on any atom is 0.697 e. The van der Waals surface area contributed by atoms with Gasteiger partial charge in [0.15, 0.2) is 11.4 Å². The Balaban J connectivity index is 1.98. The van der Waals surface area contributed by atoms with Crippen LogP contribution in [0.3, 0.4) is 0 Å². The van der Waals surface area contributed by atoms with E-state index < -0.39 is 15.5 Å². The van der Waals surface area contributed by atoms with Crippen LogP contribution < -0.4 is 0 Å². The van der Waals surface area contributed by atoms with Crippen LogP contribution in [-0.4, -0.2) is 25.6 Å². The maximum absolute atomic E-state index is 10.9. The third kappa shape index (κ3) is 2.27. The summed E-state index contributed by atoms with van der Waals surface area (Å²) < 4.78 is 36.5. The molecule has 1 unspecified atom stereocenters. The lowest BCUT2D eigenvalue weighted by molar-refractivity contribution is 0.0118. The van der Waals surface area contributed by atoms with Gasteiger partial charge in [-0.1, -0.05) is 0 Å². The molecule has 2 heterocycles. The highest BCUT2D eigenvalue weighted by Gasteiger charge is 2.50. The summed E-state index contributed by atoms with van der Waals surface area (Å²) in [4.78, 5) is 0. The molecule has 2 rings (SSSR count). The highest BCUT2D eigenvalue weighted by atomic mass is 32.7. The van der Waals surface area contributed by atoms with Crippen molar-refractivity contribution >= 4 is 26.9 Å². The van der Waals surface area contributed by atoms with Crippen LogP contribution in [0, 0.1) is 5.41 Å². The van der Waals surface area contributed by atoms with Crippen LogP contribution in [0.1, 0.15) is 0 Å². The molecule has 0 bridgehead atoms. The SMILES string of the molecule is O=[P+]1OCC2(CO1)CO[P+](=O)SC2. The zero-order chi connectivity index (χ0) is 9.31. The van der Waals surface area contributed by atoms with E-state index in [1.165, 1.54) is 11.4 Å². The quantitative estimate of drug-likeness (QED) is 0.606. The van der Waals surface area contributed by atoms with Crippen LogP contribution in [0.5, 0.6) is 0 Å². The molecule has 2 saturated heterocycles. The fraction of sp³-hybridized carbons (Fsp3) is 1.00. The van der Waals surface area contributed by atoms with Crippen molar-refractivity contribution in [2.45, 2.75) is 0 Å². The van der Waals surface area contributed by atoms with E-state index in [1.807, 2.05) is 0 Å². The summed E-state index contributed by atoms with van der Waals surface area (Å²) in [6.45, 7) is 1.08. The predicted molar refractivity (Wildman–Crippen MR) is 48.0 cm³/mol. The summed E-state index contributed by atoms with van der Waals surface area (Å²) >= 11 is 1.26. The summed E-state index contributed by atoms with van der Waals surface area (Å²) in [6.07, 6.45) is 0. The first-order chi connectivity index (χ1) is 6.20. The zero-order valence-corrected chi connectivity index (χ0v) is 9.28. The average Bonchev–Trinajstić information content (AvgIpc) is 2.16. The van der Waals surface area contributed by atoms with Gasteiger partial charge in [0.25, 0.3) is 0 Å². The molecule has 2 aliphatic heterocycles. The van der Waals surface area contributed by atoms with Crippen LogP contribution in [-0.2, 0) is 22.7 Å². The Morgan fingerprint density at radius 1 is 1.08 bits per heavy atom.